The summed E-state index contributed by atoms with van der Waals surface area (Å²) in [4.78, 5) is 12.1. The standard InChI is InChI=1S/C21H27NO4/c1-6-25-18-12-9-16(13-19(18)24-5)22-20(23)14-26-17-10-7-15(8-11-17)21(2,3)4/h7-13H,6,14H2,1-5H3,(H,22,23). The first-order valence-corrected chi connectivity index (χ1v) is 8.67. The summed E-state index contributed by atoms with van der Waals surface area (Å²) < 4.78 is 16.3. The Balaban J connectivity index is 1.92. The SMILES string of the molecule is CCOc1ccc(NC(=O)COc2ccc(C(C)(C)C)cc2)cc1OC. The highest BCUT2D eigenvalue weighted by atomic mass is 16.5. The molecular formula is C21H27NO4. The maximum Gasteiger partial charge on any atom is 0.262 e. The van der Waals surface area contributed by atoms with Crippen LogP contribution in [0.15, 0.2) is 42.5 Å². The molecule has 0 radical (unpaired) electrons. The van der Waals surface area contributed by atoms with Crippen molar-refractivity contribution in [3.63, 3.8) is 0 Å². The number of rotatable bonds is 7. The van der Waals surface area contributed by atoms with Gasteiger partial charge in [-0.25, -0.2) is 0 Å². The van der Waals surface area contributed by atoms with Gasteiger partial charge in [0, 0.05) is 11.8 Å². The molecule has 2 aromatic rings. The van der Waals surface area contributed by atoms with Crippen molar-refractivity contribution in [3.05, 3.63) is 48.0 Å². The van der Waals surface area contributed by atoms with Crippen LogP contribution in [0.1, 0.15) is 33.3 Å². The number of benzene rings is 2. The van der Waals surface area contributed by atoms with Crippen LogP contribution < -0.4 is 19.5 Å². The van der Waals surface area contributed by atoms with Gasteiger partial charge in [-0.1, -0.05) is 32.9 Å². The molecule has 0 unspecified atom stereocenters. The summed E-state index contributed by atoms with van der Waals surface area (Å²) >= 11 is 0. The molecule has 0 spiro atoms. The second-order valence-electron chi connectivity index (χ2n) is 6.91. The average Bonchev–Trinajstić information content (AvgIpc) is 2.61. The van der Waals surface area contributed by atoms with Gasteiger partial charge in [0.2, 0.25) is 0 Å². The molecule has 0 aromatic heterocycles. The Morgan fingerprint density at radius 1 is 1.00 bits per heavy atom. The van der Waals surface area contributed by atoms with Crippen LogP contribution in [0.5, 0.6) is 17.2 Å². The van der Waals surface area contributed by atoms with Gasteiger partial charge in [-0.3, -0.25) is 4.79 Å². The summed E-state index contributed by atoms with van der Waals surface area (Å²) in [7, 11) is 1.56. The number of amides is 1. The van der Waals surface area contributed by atoms with Crippen LogP contribution in [0.3, 0.4) is 0 Å². The summed E-state index contributed by atoms with van der Waals surface area (Å²) in [6, 6.07) is 13.1. The fourth-order valence-corrected chi connectivity index (χ4v) is 2.42. The first-order valence-electron chi connectivity index (χ1n) is 8.67. The smallest absolute Gasteiger partial charge is 0.262 e. The molecule has 0 saturated heterocycles. The fourth-order valence-electron chi connectivity index (χ4n) is 2.42. The first kappa shape index (κ1) is 19.6. The summed E-state index contributed by atoms with van der Waals surface area (Å²) in [5.41, 5.74) is 1.93. The van der Waals surface area contributed by atoms with Gasteiger partial charge in [0.05, 0.1) is 13.7 Å². The number of anilines is 1. The van der Waals surface area contributed by atoms with Gasteiger partial charge >= 0.3 is 0 Å². The van der Waals surface area contributed by atoms with E-state index in [-0.39, 0.29) is 17.9 Å². The Kier molecular flexibility index (Phi) is 6.50. The van der Waals surface area contributed by atoms with Gasteiger partial charge in [-0.05, 0) is 42.2 Å². The van der Waals surface area contributed by atoms with Gasteiger partial charge in [0.1, 0.15) is 5.75 Å². The molecule has 0 heterocycles. The molecule has 1 N–H and O–H groups in total. The predicted octanol–water partition coefficient (Wildman–Crippen LogP) is 4.41. The van der Waals surface area contributed by atoms with Crippen molar-refractivity contribution in [1.82, 2.24) is 0 Å². The van der Waals surface area contributed by atoms with E-state index in [4.69, 9.17) is 14.2 Å². The van der Waals surface area contributed by atoms with Crippen LogP contribution in [-0.2, 0) is 10.2 Å². The Labute approximate surface area is 155 Å². The van der Waals surface area contributed by atoms with Crippen LogP contribution in [0.2, 0.25) is 0 Å². The molecule has 0 bridgehead atoms. The highest BCUT2D eigenvalue weighted by molar-refractivity contribution is 5.92. The minimum atomic E-state index is -0.240. The number of hydrogen-bond donors (Lipinski definition) is 1. The zero-order chi connectivity index (χ0) is 19.2. The van der Waals surface area contributed by atoms with Crippen molar-refractivity contribution in [2.75, 3.05) is 25.6 Å². The normalized spacial score (nSPS) is 11.0. The molecule has 5 heteroatoms. The van der Waals surface area contributed by atoms with Gasteiger partial charge in [-0.15, -0.1) is 0 Å². The average molecular weight is 357 g/mol. The molecule has 0 atom stereocenters. The zero-order valence-corrected chi connectivity index (χ0v) is 16.1. The van der Waals surface area contributed by atoms with Crippen molar-refractivity contribution in [2.24, 2.45) is 0 Å². The molecule has 2 aromatic carbocycles. The highest BCUT2D eigenvalue weighted by Crippen LogP contribution is 2.30. The third-order valence-electron chi connectivity index (χ3n) is 3.84. The van der Waals surface area contributed by atoms with E-state index in [2.05, 4.69) is 26.1 Å². The summed E-state index contributed by atoms with van der Waals surface area (Å²) in [5, 5.41) is 2.79. The molecule has 26 heavy (non-hydrogen) atoms. The lowest BCUT2D eigenvalue weighted by molar-refractivity contribution is -0.118. The molecule has 0 aliphatic rings. The molecule has 0 saturated carbocycles. The Hall–Kier alpha value is -2.69. The molecule has 0 aliphatic heterocycles. The van der Waals surface area contributed by atoms with Crippen LogP contribution in [0.25, 0.3) is 0 Å². The second-order valence-corrected chi connectivity index (χ2v) is 6.91. The first-order chi connectivity index (χ1) is 12.3. The van der Waals surface area contributed by atoms with Crippen molar-refractivity contribution in [1.29, 1.82) is 0 Å². The van der Waals surface area contributed by atoms with Crippen LogP contribution >= 0.6 is 0 Å². The van der Waals surface area contributed by atoms with E-state index in [1.807, 2.05) is 31.2 Å². The van der Waals surface area contributed by atoms with E-state index >= 15 is 0 Å². The molecule has 0 fully saturated rings. The number of hydrogen-bond acceptors (Lipinski definition) is 4. The highest BCUT2D eigenvalue weighted by Gasteiger charge is 2.13. The molecule has 5 nitrogen and oxygen atoms in total. The van der Waals surface area contributed by atoms with E-state index in [0.29, 0.717) is 29.5 Å². The van der Waals surface area contributed by atoms with E-state index in [9.17, 15) is 4.79 Å². The Bertz CT molecular complexity index is 733. The second kappa shape index (κ2) is 8.61. The number of carbonyl (C=O) groups excluding carboxylic acids is 1. The van der Waals surface area contributed by atoms with E-state index < -0.39 is 0 Å². The van der Waals surface area contributed by atoms with E-state index in [1.165, 1.54) is 5.56 Å². The van der Waals surface area contributed by atoms with E-state index in [0.717, 1.165) is 0 Å². The quantitative estimate of drug-likeness (QED) is 0.797. The predicted molar refractivity (Wildman–Crippen MR) is 103 cm³/mol. The third-order valence-corrected chi connectivity index (χ3v) is 3.84. The lowest BCUT2D eigenvalue weighted by atomic mass is 9.87. The van der Waals surface area contributed by atoms with Gasteiger partial charge in [0.15, 0.2) is 18.1 Å². The minimum absolute atomic E-state index is 0.0651. The molecular weight excluding hydrogens is 330 g/mol. The van der Waals surface area contributed by atoms with Crippen molar-refractivity contribution in [2.45, 2.75) is 33.1 Å². The van der Waals surface area contributed by atoms with Gasteiger partial charge in [-0.2, -0.15) is 0 Å². The lowest BCUT2D eigenvalue weighted by Gasteiger charge is -2.19. The zero-order valence-electron chi connectivity index (χ0n) is 16.1. The van der Waals surface area contributed by atoms with Crippen LogP contribution in [0.4, 0.5) is 5.69 Å². The Morgan fingerprint density at radius 2 is 1.69 bits per heavy atom. The third kappa shape index (κ3) is 5.41. The van der Waals surface area contributed by atoms with Gasteiger partial charge < -0.3 is 19.5 Å². The molecule has 2 rings (SSSR count). The van der Waals surface area contributed by atoms with Crippen molar-refractivity contribution < 1.29 is 19.0 Å². The Morgan fingerprint density at radius 3 is 2.27 bits per heavy atom. The molecule has 140 valence electrons. The number of carbonyl (C=O) groups is 1. The molecule has 1 amide bonds. The maximum atomic E-state index is 12.1. The van der Waals surface area contributed by atoms with Gasteiger partial charge in [0.25, 0.3) is 5.91 Å². The summed E-state index contributed by atoms with van der Waals surface area (Å²) in [5.74, 6) is 1.64. The number of methoxy groups -OCH3 is 1. The van der Waals surface area contributed by atoms with Crippen LogP contribution in [0, 0.1) is 0 Å². The molecule has 0 aliphatic carbocycles. The summed E-state index contributed by atoms with van der Waals surface area (Å²) in [6.07, 6.45) is 0. The largest absolute Gasteiger partial charge is 0.493 e. The summed E-state index contributed by atoms with van der Waals surface area (Å²) in [6.45, 7) is 8.85. The fraction of sp³-hybridized carbons (Fsp3) is 0.381. The number of ether oxygens (including phenoxy) is 3. The van der Waals surface area contributed by atoms with Crippen molar-refractivity contribution >= 4 is 11.6 Å². The maximum absolute atomic E-state index is 12.1. The topological polar surface area (TPSA) is 56.8 Å². The van der Waals surface area contributed by atoms with Crippen LogP contribution in [-0.4, -0.2) is 26.2 Å². The minimum Gasteiger partial charge on any atom is -0.493 e. The van der Waals surface area contributed by atoms with Crippen molar-refractivity contribution in [3.8, 4) is 17.2 Å². The lowest BCUT2D eigenvalue weighted by Crippen LogP contribution is -2.20. The van der Waals surface area contributed by atoms with E-state index in [1.54, 1.807) is 25.3 Å². The number of nitrogens with one attached hydrogen (secondary N) is 1. The monoisotopic (exact) mass is 357 g/mol.